The third-order valence-corrected chi connectivity index (χ3v) is 5.76. The number of aryl methyl sites for hydroxylation is 2. The van der Waals surface area contributed by atoms with E-state index in [9.17, 15) is 13.2 Å². The number of aromatic amines is 1. The molecule has 0 bridgehead atoms. The molecule has 1 aliphatic heterocycles. The summed E-state index contributed by atoms with van der Waals surface area (Å²) in [6.45, 7) is 7.36. The molecule has 2 heterocycles. The van der Waals surface area contributed by atoms with Gasteiger partial charge in [0, 0.05) is 37.6 Å². The van der Waals surface area contributed by atoms with Crippen LogP contribution in [0.3, 0.4) is 0 Å². The standard InChI is InChI=1S/C14H23N3O3S/c1-4-21(19,20)17-7-5-6-16(8-9-17)14(18)13-10-11(2)15-12(13)3/h10,15H,4-9H2,1-3H3. The van der Waals surface area contributed by atoms with Crippen LogP contribution in [0.15, 0.2) is 6.07 Å². The number of nitrogens with zero attached hydrogens (tertiary/aromatic N) is 2. The molecule has 118 valence electrons. The van der Waals surface area contributed by atoms with Crippen LogP contribution in [-0.4, -0.2) is 60.4 Å². The summed E-state index contributed by atoms with van der Waals surface area (Å²) in [5.41, 5.74) is 2.50. The van der Waals surface area contributed by atoms with Gasteiger partial charge >= 0.3 is 0 Å². The second-order valence-electron chi connectivity index (χ2n) is 5.44. The first-order valence-electron chi connectivity index (χ1n) is 7.28. The predicted octanol–water partition coefficient (Wildman–Crippen LogP) is 1.13. The number of rotatable bonds is 3. The first kappa shape index (κ1) is 16.0. The molecule has 1 saturated heterocycles. The van der Waals surface area contributed by atoms with E-state index in [4.69, 9.17) is 0 Å². The van der Waals surface area contributed by atoms with Crippen molar-refractivity contribution < 1.29 is 13.2 Å². The SMILES string of the molecule is CCS(=O)(=O)N1CCCN(C(=O)c2cc(C)[nH]c2C)CC1. The van der Waals surface area contributed by atoms with Crippen molar-refractivity contribution in [3.8, 4) is 0 Å². The van der Waals surface area contributed by atoms with E-state index < -0.39 is 10.0 Å². The predicted molar refractivity (Wildman–Crippen MR) is 81.8 cm³/mol. The third kappa shape index (κ3) is 3.47. The molecule has 1 aliphatic rings. The van der Waals surface area contributed by atoms with Gasteiger partial charge in [-0.25, -0.2) is 12.7 Å². The third-order valence-electron chi connectivity index (χ3n) is 3.88. The van der Waals surface area contributed by atoms with E-state index in [1.165, 1.54) is 4.31 Å². The Balaban J connectivity index is 2.10. The molecule has 0 radical (unpaired) electrons. The van der Waals surface area contributed by atoms with Crippen molar-refractivity contribution in [2.45, 2.75) is 27.2 Å². The number of H-pyrrole nitrogens is 1. The zero-order chi connectivity index (χ0) is 15.6. The van der Waals surface area contributed by atoms with Crippen molar-refractivity contribution in [2.75, 3.05) is 31.9 Å². The van der Waals surface area contributed by atoms with Gasteiger partial charge in [0.15, 0.2) is 0 Å². The van der Waals surface area contributed by atoms with E-state index in [1.54, 1.807) is 11.8 Å². The molecule has 1 amide bonds. The number of aromatic nitrogens is 1. The minimum Gasteiger partial charge on any atom is -0.362 e. The minimum atomic E-state index is -3.17. The normalized spacial score (nSPS) is 17.8. The average molecular weight is 313 g/mol. The van der Waals surface area contributed by atoms with Gasteiger partial charge in [-0.1, -0.05) is 0 Å². The average Bonchev–Trinajstić information content (AvgIpc) is 2.67. The van der Waals surface area contributed by atoms with Crippen LogP contribution < -0.4 is 0 Å². The van der Waals surface area contributed by atoms with Gasteiger partial charge in [-0.2, -0.15) is 0 Å². The van der Waals surface area contributed by atoms with Crippen molar-refractivity contribution >= 4 is 15.9 Å². The Morgan fingerprint density at radius 2 is 1.95 bits per heavy atom. The van der Waals surface area contributed by atoms with Crippen LogP contribution in [0, 0.1) is 13.8 Å². The number of amides is 1. The molecule has 2 rings (SSSR count). The highest BCUT2D eigenvalue weighted by Crippen LogP contribution is 2.15. The number of carbonyl (C=O) groups excluding carboxylic acids is 1. The molecule has 0 unspecified atom stereocenters. The summed E-state index contributed by atoms with van der Waals surface area (Å²) in [4.78, 5) is 17.4. The smallest absolute Gasteiger partial charge is 0.255 e. The quantitative estimate of drug-likeness (QED) is 0.909. The molecule has 1 fully saturated rings. The highest BCUT2D eigenvalue weighted by Gasteiger charge is 2.26. The number of nitrogens with one attached hydrogen (secondary N) is 1. The number of hydrogen-bond donors (Lipinski definition) is 1. The van der Waals surface area contributed by atoms with Gasteiger partial charge in [-0.05, 0) is 33.3 Å². The number of carbonyl (C=O) groups is 1. The van der Waals surface area contributed by atoms with E-state index in [0.717, 1.165) is 11.4 Å². The van der Waals surface area contributed by atoms with Gasteiger partial charge in [0.25, 0.3) is 5.91 Å². The summed E-state index contributed by atoms with van der Waals surface area (Å²) >= 11 is 0. The molecular formula is C14H23N3O3S. The molecule has 0 aliphatic carbocycles. The maximum Gasteiger partial charge on any atom is 0.255 e. The maximum absolute atomic E-state index is 12.6. The van der Waals surface area contributed by atoms with E-state index in [1.807, 2.05) is 19.9 Å². The highest BCUT2D eigenvalue weighted by atomic mass is 32.2. The molecular weight excluding hydrogens is 290 g/mol. The van der Waals surface area contributed by atoms with Crippen molar-refractivity contribution in [1.82, 2.24) is 14.2 Å². The highest BCUT2D eigenvalue weighted by molar-refractivity contribution is 7.89. The summed E-state index contributed by atoms with van der Waals surface area (Å²) in [5.74, 6) is 0.0875. The van der Waals surface area contributed by atoms with Gasteiger partial charge in [0.05, 0.1) is 11.3 Å². The first-order chi connectivity index (χ1) is 9.85. The van der Waals surface area contributed by atoms with E-state index >= 15 is 0 Å². The van der Waals surface area contributed by atoms with Crippen LogP contribution in [0.2, 0.25) is 0 Å². The molecule has 21 heavy (non-hydrogen) atoms. The van der Waals surface area contributed by atoms with Gasteiger partial charge in [-0.3, -0.25) is 4.79 Å². The van der Waals surface area contributed by atoms with Gasteiger partial charge < -0.3 is 9.88 Å². The largest absolute Gasteiger partial charge is 0.362 e. The minimum absolute atomic E-state index is 0.0207. The summed E-state index contributed by atoms with van der Waals surface area (Å²) in [7, 11) is -3.17. The topological polar surface area (TPSA) is 73.5 Å². The molecule has 0 saturated carbocycles. The molecule has 1 aromatic heterocycles. The fourth-order valence-electron chi connectivity index (χ4n) is 2.67. The Kier molecular flexibility index (Phi) is 4.73. The molecule has 7 heteroatoms. The van der Waals surface area contributed by atoms with E-state index in [2.05, 4.69) is 4.98 Å². The van der Waals surface area contributed by atoms with Crippen LogP contribution >= 0.6 is 0 Å². The number of sulfonamides is 1. The summed E-state index contributed by atoms with van der Waals surface area (Å²) in [6.07, 6.45) is 0.674. The fraction of sp³-hybridized carbons (Fsp3) is 0.643. The van der Waals surface area contributed by atoms with Crippen molar-refractivity contribution in [3.63, 3.8) is 0 Å². The fourth-order valence-corrected chi connectivity index (χ4v) is 3.81. The second kappa shape index (κ2) is 6.19. The van der Waals surface area contributed by atoms with Gasteiger partial charge in [0.2, 0.25) is 10.0 Å². The van der Waals surface area contributed by atoms with Gasteiger partial charge in [0.1, 0.15) is 0 Å². The Bertz CT molecular complexity index is 621. The molecule has 0 aromatic carbocycles. The zero-order valence-corrected chi connectivity index (χ0v) is 13.7. The Labute approximate surface area is 126 Å². The second-order valence-corrected chi connectivity index (χ2v) is 7.69. The van der Waals surface area contributed by atoms with Crippen LogP contribution in [-0.2, 0) is 10.0 Å². The lowest BCUT2D eigenvalue weighted by molar-refractivity contribution is 0.0763. The molecule has 0 atom stereocenters. The lowest BCUT2D eigenvalue weighted by Crippen LogP contribution is -2.38. The van der Waals surface area contributed by atoms with E-state index in [0.29, 0.717) is 38.2 Å². The van der Waals surface area contributed by atoms with Crippen LogP contribution in [0.4, 0.5) is 0 Å². The van der Waals surface area contributed by atoms with Crippen molar-refractivity contribution in [1.29, 1.82) is 0 Å². The lowest BCUT2D eigenvalue weighted by atomic mass is 10.2. The Morgan fingerprint density at radius 3 is 2.52 bits per heavy atom. The van der Waals surface area contributed by atoms with E-state index in [-0.39, 0.29) is 11.7 Å². The molecule has 6 nitrogen and oxygen atoms in total. The summed E-state index contributed by atoms with van der Waals surface area (Å²) in [5, 5.41) is 0. The summed E-state index contributed by atoms with van der Waals surface area (Å²) in [6, 6.07) is 1.85. The molecule has 1 N–H and O–H groups in total. The van der Waals surface area contributed by atoms with Crippen LogP contribution in [0.25, 0.3) is 0 Å². The monoisotopic (exact) mass is 313 g/mol. The molecule has 0 spiro atoms. The van der Waals surface area contributed by atoms with Gasteiger partial charge in [-0.15, -0.1) is 0 Å². The molecule has 1 aromatic rings. The Hall–Kier alpha value is -1.34. The first-order valence-corrected chi connectivity index (χ1v) is 8.89. The lowest BCUT2D eigenvalue weighted by Gasteiger charge is -2.21. The maximum atomic E-state index is 12.6. The van der Waals surface area contributed by atoms with Crippen molar-refractivity contribution in [3.05, 3.63) is 23.0 Å². The van der Waals surface area contributed by atoms with Crippen molar-refractivity contribution in [2.24, 2.45) is 0 Å². The number of hydrogen-bond acceptors (Lipinski definition) is 3. The zero-order valence-electron chi connectivity index (χ0n) is 12.8. The summed E-state index contributed by atoms with van der Waals surface area (Å²) < 4.78 is 25.4. The van der Waals surface area contributed by atoms with Crippen LogP contribution in [0.1, 0.15) is 35.1 Å². The van der Waals surface area contributed by atoms with Crippen LogP contribution in [0.5, 0.6) is 0 Å². The Morgan fingerprint density at radius 1 is 1.24 bits per heavy atom.